The number of thiophene rings is 1. The van der Waals surface area contributed by atoms with Crippen molar-refractivity contribution in [2.45, 2.75) is 33.6 Å². The summed E-state index contributed by atoms with van der Waals surface area (Å²) in [7, 11) is 0. The summed E-state index contributed by atoms with van der Waals surface area (Å²) in [5, 5.41) is 12.4. The molecule has 0 fully saturated rings. The van der Waals surface area contributed by atoms with E-state index in [1.807, 2.05) is 13.8 Å². The van der Waals surface area contributed by atoms with Crippen molar-refractivity contribution >= 4 is 39.1 Å². The van der Waals surface area contributed by atoms with Crippen LogP contribution in [-0.2, 0) is 11.2 Å². The Morgan fingerprint density at radius 1 is 1.26 bits per heavy atom. The van der Waals surface area contributed by atoms with Gasteiger partial charge in [-0.3, -0.25) is 9.59 Å². The first-order valence-electron chi connectivity index (χ1n) is 8.39. The average molecular weight is 385 g/mol. The number of aryl methyl sites for hydroxylation is 4. The molecule has 0 spiro atoms. The number of H-pyrrole nitrogens is 1. The Bertz CT molecular complexity index is 1110. The fourth-order valence-corrected chi connectivity index (χ4v) is 3.90. The minimum absolute atomic E-state index is 0.150. The molecule has 2 aromatic heterocycles. The Kier molecular flexibility index (Phi) is 5.09. The topological polar surface area (TPSA) is 112 Å². The molecule has 0 bridgehead atoms. The lowest BCUT2D eigenvalue weighted by Crippen LogP contribution is -2.16. The van der Waals surface area contributed by atoms with Gasteiger partial charge in [0.2, 0.25) is 5.91 Å². The number of aromatic amines is 1. The van der Waals surface area contributed by atoms with Crippen molar-refractivity contribution in [1.29, 1.82) is 0 Å². The first-order chi connectivity index (χ1) is 12.8. The van der Waals surface area contributed by atoms with E-state index in [-0.39, 0.29) is 23.5 Å². The molecule has 1 amide bonds. The molecule has 140 valence electrons. The summed E-state index contributed by atoms with van der Waals surface area (Å²) in [5.41, 5.74) is 2.05. The van der Waals surface area contributed by atoms with Gasteiger partial charge in [-0.15, -0.1) is 11.3 Å². The molecule has 27 heavy (non-hydrogen) atoms. The van der Waals surface area contributed by atoms with Crippen LogP contribution in [0.3, 0.4) is 0 Å². The van der Waals surface area contributed by atoms with Gasteiger partial charge in [-0.25, -0.2) is 9.78 Å². The molecule has 3 aromatic rings. The second-order valence-electron chi connectivity index (χ2n) is 6.36. The Balaban J connectivity index is 1.69. The Hall–Kier alpha value is -3.00. The van der Waals surface area contributed by atoms with E-state index in [0.717, 1.165) is 10.4 Å². The lowest BCUT2D eigenvalue weighted by Gasteiger charge is -2.08. The molecule has 0 aliphatic heterocycles. The van der Waals surface area contributed by atoms with Crippen molar-refractivity contribution in [3.8, 4) is 0 Å². The van der Waals surface area contributed by atoms with Crippen LogP contribution in [0.2, 0.25) is 0 Å². The molecule has 3 N–H and O–H groups in total. The first-order valence-corrected chi connectivity index (χ1v) is 9.20. The van der Waals surface area contributed by atoms with Gasteiger partial charge in [0, 0.05) is 23.4 Å². The molecule has 0 radical (unpaired) electrons. The zero-order chi connectivity index (χ0) is 19.7. The first kappa shape index (κ1) is 18.8. The van der Waals surface area contributed by atoms with Crippen molar-refractivity contribution in [1.82, 2.24) is 9.97 Å². The number of aromatic carboxylic acids is 1. The van der Waals surface area contributed by atoms with Gasteiger partial charge in [0.15, 0.2) is 0 Å². The van der Waals surface area contributed by atoms with Crippen molar-refractivity contribution in [3.05, 3.63) is 55.9 Å². The highest BCUT2D eigenvalue weighted by Gasteiger charge is 2.13. The number of nitrogens with one attached hydrogen (secondary N) is 2. The molecule has 0 saturated carbocycles. The highest BCUT2D eigenvalue weighted by molar-refractivity contribution is 7.18. The number of amides is 1. The maximum atomic E-state index is 12.3. The van der Waals surface area contributed by atoms with Crippen LogP contribution in [0.1, 0.15) is 38.6 Å². The monoisotopic (exact) mass is 385 g/mol. The summed E-state index contributed by atoms with van der Waals surface area (Å²) >= 11 is 1.47. The van der Waals surface area contributed by atoms with Crippen LogP contribution < -0.4 is 10.9 Å². The largest absolute Gasteiger partial charge is 0.478 e. The zero-order valence-corrected chi connectivity index (χ0v) is 16.0. The van der Waals surface area contributed by atoms with Crippen LogP contribution in [0, 0.1) is 20.8 Å². The molecule has 0 saturated heterocycles. The van der Waals surface area contributed by atoms with Crippen molar-refractivity contribution < 1.29 is 14.7 Å². The predicted molar refractivity (Wildman–Crippen MR) is 105 cm³/mol. The summed E-state index contributed by atoms with van der Waals surface area (Å²) in [4.78, 5) is 44.4. The number of carbonyl (C=O) groups is 2. The molecule has 0 aliphatic carbocycles. The fourth-order valence-electron chi connectivity index (χ4n) is 2.85. The smallest absolute Gasteiger partial charge is 0.335 e. The molecule has 0 atom stereocenters. The molecule has 1 aromatic carbocycles. The summed E-state index contributed by atoms with van der Waals surface area (Å²) in [6, 6.07) is 4.63. The third kappa shape index (κ3) is 3.90. The highest BCUT2D eigenvalue weighted by atomic mass is 32.1. The number of benzene rings is 1. The number of carbonyl (C=O) groups excluding carboxylic acids is 1. The lowest BCUT2D eigenvalue weighted by atomic mass is 10.1. The second-order valence-corrected chi connectivity index (χ2v) is 7.56. The van der Waals surface area contributed by atoms with E-state index in [4.69, 9.17) is 5.11 Å². The average Bonchev–Trinajstić information content (AvgIpc) is 2.87. The van der Waals surface area contributed by atoms with Crippen LogP contribution in [0.15, 0.2) is 23.0 Å². The van der Waals surface area contributed by atoms with Crippen molar-refractivity contribution in [2.24, 2.45) is 0 Å². The molecule has 2 heterocycles. The third-order valence-corrected chi connectivity index (χ3v) is 5.52. The van der Waals surface area contributed by atoms with Gasteiger partial charge in [-0.05, 0) is 50.1 Å². The van der Waals surface area contributed by atoms with E-state index in [2.05, 4.69) is 15.3 Å². The van der Waals surface area contributed by atoms with E-state index in [1.54, 1.807) is 19.1 Å². The van der Waals surface area contributed by atoms with Gasteiger partial charge >= 0.3 is 5.97 Å². The maximum Gasteiger partial charge on any atom is 0.335 e. The molecular formula is C19H19N3O4S. The molecule has 0 unspecified atom stereocenters. The summed E-state index contributed by atoms with van der Waals surface area (Å²) in [5.74, 6) is -0.769. The minimum Gasteiger partial charge on any atom is -0.478 e. The van der Waals surface area contributed by atoms with Gasteiger partial charge < -0.3 is 15.4 Å². The Labute approximate surface area is 159 Å². The minimum atomic E-state index is -1.00. The van der Waals surface area contributed by atoms with Gasteiger partial charge in [0.1, 0.15) is 10.7 Å². The van der Waals surface area contributed by atoms with Crippen molar-refractivity contribution in [2.75, 3.05) is 5.32 Å². The van der Waals surface area contributed by atoms with E-state index >= 15 is 0 Å². The van der Waals surface area contributed by atoms with Gasteiger partial charge in [-0.2, -0.15) is 0 Å². The van der Waals surface area contributed by atoms with Gasteiger partial charge in [0.25, 0.3) is 5.56 Å². The second kappa shape index (κ2) is 7.32. The normalized spacial score (nSPS) is 10.9. The quantitative estimate of drug-likeness (QED) is 0.624. The van der Waals surface area contributed by atoms with Crippen LogP contribution in [0.4, 0.5) is 5.69 Å². The molecule has 0 aliphatic rings. The number of nitrogens with zero attached hydrogens (tertiary/aromatic N) is 1. The summed E-state index contributed by atoms with van der Waals surface area (Å²) < 4.78 is 0. The summed E-state index contributed by atoms with van der Waals surface area (Å²) in [6.45, 7) is 5.52. The SMILES string of the molecule is Cc1cc(NC(=O)CCc2nc3sc(C)c(C)c3c(=O)[nH]2)ccc1C(=O)O. The number of anilines is 1. The highest BCUT2D eigenvalue weighted by Crippen LogP contribution is 2.25. The van der Waals surface area contributed by atoms with E-state index in [9.17, 15) is 14.4 Å². The molecule has 8 heteroatoms. The van der Waals surface area contributed by atoms with Gasteiger partial charge in [0.05, 0.1) is 10.9 Å². The number of carboxylic acid groups (broad SMARTS) is 1. The molecule has 7 nitrogen and oxygen atoms in total. The Morgan fingerprint density at radius 3 is 2.67 bits per heavy atom. The van der Waals surface area contributed by atoms with E-state index in [1.165, 1.54) is 17.4 Å². The fraction of sp³-hybridized carbons (Fsp3) is 0.263. The Morgan fingerprint density at radius 2 is 2.00 bits per heavy atom. The third-order valence-electron chi connectivity index (χ3n) is 4.42. The van der Waals surface area contributed by atoms with Crippen LogP contribution in [-0.4, -0.2) is 27.0 Å². The number of hydrogen-bond donors (Lipinski definition) is 3. The number of fused-ring (bicyclic) bond motifs is 1. The number of rotatable bonds is 5. The standard InChI is InChI=1S/C19H19N3O4S/c1-9-8-12(4-5-13(9)19(25)26)20-15(23)7-6-14-21-17(24)16-10(2)11(3)27-18(16)22-14/h4-5,8H,6-7H2,1-3H3,(H,20,23)(H,25,26)(H,21,22,24). The lowest BCUT2D eigenvalue weighted by molar-refractivity contribution is -0.116. The number of carboxylic acids is 1. The summed E-state index contributed by atoms with van der Waals surface area (Å²) in [6.07, 6.45) is 0.455. The van der Waals surface area contributed by atoms with Gasteiger partial charge in [-0.1, -0.05) is 0 Å². The van der Waals surface area contributed by atoms with E-state index < -0.39 is 5.97 Å². The number of aromatic nitrogens is 2. The molecule has 3 rings (SSSR count). The van der Waals surface area contributed by atoms with Crippen LogP contribution >= 0.6 is 11.3 Å². The van der Waals surface area contributed by atoms with Crippen molar-refractivity contribution in [3.63, 3.8) is 0 Å². The van der Waals surface area contributed by atoms with E-state index in [0.29, 0.717) is 33.7 Å². The predicted octanol–water partition coefficient (Wildman–Crippen LogP) is 3.18. The maximum absolute atomic E-state index is 12.3. The van der Waals surface area contributed by atoms with Crippen LogP contribution in [0.5, 0.6) is 0 Å². The molecular weight excluding hydrogens is 366 g/mol. The number of hydrogen-bond acceptors (Lipinski definition) is 5. The van der Waals surface area contributed by atoms with Crippen LogP contribution in [0.25, 0.3) is 10.2 Å². The zero-order valence-electron chi connectivity index (χ0n) is 15.2.